The van der Waals surface area contributed by atoms with E-state index in [9.17, 15) is 14.7 Å². The van der Waals surface area contributed by atoms with Crippen molar-refractivity contribution < 1.29 is 14.7 Å². The zero-order valence-corrected chi connectivity index (χ0v) is 15.6. The van der Waals surface area contributed by atoms with E-state index in [1.807, 2.05) is 6.92 Å². The molecule has 6 unspecified atom stereocenters. The number of carbonyl (C=O) groups is 2. The quantitative estimate of drug-likeness (QED) is 0.718. The van der Waals surface area contributed by atoms with E-state index in [4.69, 9.17) is 11.6 Å². The van der Waals surface area contributed by atoms with Crippen LogP contribution in [-0.2, 0) is 9.59 Å². The van der Waals surface area contributed by atoms with E-state index in [0.29, 0.717) is 29.7 Å². The smallest absolute Gasteiger partial charge is 0.174 e. The highest BCUT2D eigenvalue weighted by atomic mass is 35.5. The van der Waals surface area contributed by atoms with Gasteiger partial charge in [0.25, 0.3) is 0 Å². The Morgan fingerprint density at radius 2 is 1.79 bits per heavy atom. The van der Waals surface area contributed by atoms with Crippen LogP contribution in [0.5, 0.6) is 0 Å². The highest BCUT2D eigenvalue weighted by Crippen LogP contribution is 2.66. The molecular weight excluding hydrogens is 324 g/mol. The van der Waals surface area contributed by atoms with Gasteiger partial charge in [-0.1, -0.05) is 25.4 Å². The first kappa shape index (κ1) is 16.8. The van der Waals surface area contributed by atoms with E-state index in [1.54, 1.807) is 0 Å². The van der Waals surface area contributed by atoms with Crippen molar-refractivity contribution in [1.29, 1.82) is 0 Å². The second-order valence-electron chi connectivity index (χ2n) is 9.29. The SMILES string of the molecule is CC12CCC(=O)C(Cl)=C1CCC1C2C(=O)CC2(C)C1CCC2(C)O. The number of hydrogen-bond donors (Lipinski definition) is 1. The Balaban J connectivity index is 1.79. The van der Waals surface area contributed by atoms with Gasteiger partial charge in [-0.05, 0) is 56.4 Å². The summed E-state index contributed by atoms with van der Waals surface area (Å²) in [7, 11) is 0. The largest absolute Gasteiger partial charge is 0.390 e. The summed E-state index contributed by atoms with van der Waals surface area (Å²) < 4.78 is 0. The molecule has 0 aromatic carbocycles. The lowest BCUT2D eigenvalue weighted by Crippen LogP contribution is -2.58. The molecule has 24 heavy (non-hydrogen) atoms. The fraction of sp³-hybridized carbons (Fsp3) is 0.800. The van der Waals surface area contributed by atoms with Crippen LogP contribution >= 0.6 is 11.6 Å². The summed E-state index contributed by atoms with van der Waals surface area (Å²) in [5.41, 5.74) is -0.295. The Kier molecular flexibility index (Phi) is 3.46. The van der Waals surface area contributed by atoms with E-state index in [0.717, 1.165) is 37.7 Å². The molecule has 6 atom stereocenters. The minimum atomic E-state index is -0.754. The molecule has 0 aliphatic heterocycles. The molecule has 3 nitrogen and oxygen atoms in total. The van der Waals surface area contributed by atoms with Crippen molar-refractivity contribution in [1.82, 2.24) is 0 Å². The molecule has 4 aliphatic rings. The van der Waals surface area contributed by atoms with Gasteiger partial charge in [-0.15, -0.1) is 0 Å². The molecule has 0 aromatic rings. The maximum Gasteiger partial charge on any atom is 0.174 e. The molecule has 132 valence electrons. The molecule has 3 fully saturated rings. The van der Waals surface area contributed by atoms with Crippen molar-refractivity contribution >= 4 is 23.2 Å². The third-order valence-corrected chi connectivity index (χ3v) is 8.75. The minimum absolute atomic E-state index is 0.0323. The predicted octanol–water partition coefficient (Wildman–Crippen LogP) is 4.01. The lowest BCUT2D eigenvalue weighted by atomic mass is 9.46. The second-order valence-corrected chi connectivity index (χ2v) is 9.67. The number of rotatable bonds is 0. The molecule has 0 saturated heterocycles. The van der Waals surface area contributed by atoms with Crippen LogP contribution in [0.1, 0.15) is 65.7 Å². The van der Waals surface area contributed by atoms with Crippen LogP contribution in [0.2, 0.25) is 0 Å². The summed E-state index contributed by atoms with van der Waals surface area (Å²) in [6.45, 7) is 6.18. The molecule has 4 rings (SSSR count). The van der Waals surface area contributed by atoms with Gasteiger partial charge in [0.05, 0.1) is 10.6 Å². The third kappa shape index (κ3) is 1.89. The summed E-state index contributed by atoms with van der Waals surface area (Å²) in [4.78, 5) is 25.3. The fourth-order valence-corrected chi connectivity index (χ4v) is 7.09. The topological polar surface area (TPSA) is 54.4 Å². The molecule has 4 aliphatic carbocycles. The van der Waals surface area contributed by atoms with Crippen LogP contribution in [0, 0.1) is 28.6 Å². The standard InChI is InChI=1S/C20H27ClO3/c1-18-8-7-14(22)17(21)13(18)5-4-11-12-6-9-20(3,24)19(12,2)10-15(23)16(11)18/h11-12,16,24H,4-10H2,1-3H3. The molecular formula is C20H27ClO3. The first-order chi connectivity index (χ1) is 11.1. The van der Waals surface area contributed by atoms with Crippen molar-refractivity contribution in [2.24, 2.45) is 28.6 Å². The highest BCUT2D eigenvalue weighted by molar-refractivity contribution is 6.43. The normalized spacial score (nSPS) is 51.3. The van der Waals surface area contributed by atoms with Crippen LogP contribution in [0.25, 0.3) is 0 Å². The number of aliphatic hydroxyl groups is 1. The molecule has 3 saturated carbocycles. The molecule has 0 bridgehead atoms. The molecule has 0 radical (unpaired) electrons. The molecule has 1 N–H and O–H groups in total. The third-order valence-electron chi connectivity index (χ3n) is 8.31. The predicted molar refractivity (Wildman–Crippen MR) is 92.5 cm³/mol. The van der Waals surface area contributed by atoms with Gasteiger partial charge >= 0.3 is 0 Å². The molecule has 0 amide bonds. The van der Waals surface area contributed by atoms with E-state index in [-0.39, 0.29) is 28.3 Å². The number of carbonyl (C=O) groups excluding carboxylic acids is 2. The van der Waals surface area contributed by atoms with Crippen molar-refractivity contribution in [3.05, 3.63) is 10.6 Å². The van der Waals surface area contributed by atoms with Crippen molar-refractivity contribution in [2.45, 2.75) is 71.3 Å². The minimum Gasteiger partial charge on any atom is -0.390 e. The zero-order valence-electron chi connectivity index (χ0n) is 14.8. The van der Waals surface area contributed by atoms with Gasteiger partial charge < -0.3 is 5.11 Å². The Morgan fingerprint density at radius 1 is 1.08 bits per heavy atom. The van der Waals surface area contributed by atoms with E-state index >= 15 is 0 Å². The van der Waals surface area contributed by atoms with Gasteiger partial charge in [0, 0.05) is 29.6 Å². The number of Topliss-reactive ketones (excluding diaryl/α,β-unsaturated/α-hetero) is 2. The summed E-state index contributed by atoms with van der Waals surface area (Å²) in [5.74, 6) is 0.996. The van der Waals surface area contributed by atoms with E-state index < -0.39 is 5.60 Å². The monoisotopic (exact) mass is 350 g/mol. The maximum absolute atomic E-state index is 13.3. The van der Waals surface area contributed by atoms with Crippen LogP contribution in [0.3, 0.4) is 0 Å². The first-order valence-corrected chi connectivity index (χ1v) is 9.67. The van der Waals surface area contributed by atoms with Crippen LogP contribution in [0.15, 0.2) is 10.6 Å². The van der Waals surface area contributed by atoms with Crippen LogP contribution in [0.4, 0.5) is 0 Å². The van der Waals surface area contributed by atoms with Crippen molar-refractivity contribution in [2.75, 3.05) is 0 Å². The number of ketones is 2. The number of hydrogen-bond acceptors (Lipinski definition) is 3. The lowest BCUT2D eigenvalue weighted by Gasteiger charge is -2.57. The highest BCUT2D eigenvalue weighted by Gasteiger charge is 2.65. The van der Waals surface area contributed by atoms with Crippen LogP contribution < -0.4 is 0 Å². The molecule has 0 aromatic heterocycles. The Hall–Kier alpha value is -0.670. The van der Waals surface area contributed by atoms with Gasteiger partial charge in [0.1, 0.15) is 5.78 Å². The number of fused-ring (bicyclic) bond motifs is 5. The fourth-order valence-electron chi connectivity index (χ4n) is 6.69. The van der Waals surface area contributed by atoms with E-state index in [1.165, 1.54) is 0 Å². The van der Waals surface area contributed by atoms with Gasteiger partial charge in [-0.2, -0.15) is 0 Å². The van der Waals surface area contributed by atoms with Gasteiger partial charge in [0.15, 0.2) is 5.78 Å². The molecule has 0 spiro atoms. The van der Waals surface area contributed by atoms with Gasteiger partial charge in [0.2, 0.25) is 0 Å². The number of halogens is 1. The zero-order chi connectivity index (χ0) is 17.5. The van der Waals surface area contributed by atoms with Crippen molar-refractivity contribution in [3.63, 3.8) is 0 Å². The maximum atomic E-state index is 13.3. The summed E-state index contributed by atoms with van der Waals surface area (Å²) in [6.07, 6.45) is 5.17. The Labute approximate surface area is 148 Å². The Bertz CT molecular complexity index is 664. The lowest BCUT2D eigenvalue weighted by molar-refractivity contribution is -0.157. The molecule has 4 heteroatoms. The Morgan fingerprint density at radius 3 is 2.50 bits per heavy atom. The number of allylic oxidation sites excluding steroid dienone is 1. The summed E-state index contributed by atoms with van der Waals surface area (Å²) in [6, 6.07) is 0. The summed E-state index contributed by atoms with van der Waals surface area (Å²) in [5, 5.41) is 11.3. The van der Waals surface area contributed by atoms with Gasteiger partial charge in [-0.25, -0.2) is 0 Å². The molecule has 0 heterocycles. The van der Waals surface area contributed by atoms with Gasteiger partial charge in [-0.3, -0.25) is 9.59 Å². The van der Waals surface area contributed by atoms with Crippen LogP contribution in [-0.4, -0.2) is 22.3 Å². The van der Waals surface area contributed by atoms with Crippen molar-refractivity contribution in [3.8, 4) is 0 Å². The average Bonchev–Trinajstić information content (AvgIpc) is 2.73. The average molecular weight is 351 g/mol. The second kappa shape index (κ2) is 4.94. The first-order valence-electron chi connectivity index (χ1n) is 9.29. The van der Waals surface area contributed by atoms with E-state index in [2.05, 4.69) is 13.8 Å². The summed E-state index contributed by atoms with van der Waals surface area (Å²) >= 11 is 6.37.